The smallest absolute Gasteiger partial charge is 0.193 e. The second-order valence-electron chi connectivity index (χ2n) is 8.27. The fraction of sp³-hybridized carbons (Fsp3) is 0.762. The van der Waals surface area contributed by atoms with Crippen LogP contribution in [0.3, 0.4) is 0 Å². The molecule has 4 rings (SSSR count). The molecule has 6 nitrogen and oxygen atoms in total. The third kappa shape index (κ3) is 5.84. The van der Waals surface area contributed by atoms with Crippen molar-refractivity contribution in [3.8, 4) is 0 Å². The van der Waals surface area contributed by atoms with Gasteiger partial charge in [0.05, 0.1) is 0 Å². The number of nitrogens with zero attached hydrogens (tertiary/aromatic N) is 4. The molecule has 3 aliphatic heterocycles. The summed E-state index contributed by atoms with van der Waals surface area (Å²) in [4.78, 5) is 13.8. The molecule has 3 aliphatic rings. The highest BCUT2D eigenvalue weighted by Crippen LogP contribution is 2.30. The Bertz CT molecular complexity index is 621. The molecule has 3 saturated heterocycles. The van der Waals surface area contributed by atoms with Gasteiger partial charge in [0.2, 0.25) is 0 Å². The summed E-state index contributed by atoms with van der Waals surface area (Å²) in [7, 11) is 1.92. The zero-order valence-corrected chi connectivity index (χ0v) is 20.8. The summed E-state index contributed by atoms with van der Waals surface area (Å²) >= 11 is 1.86. The molecule has 0 amide bonds. The van der Waals surface area contributed by atoms with Gasteiger partial charge in [0.25, 0.3) is 0 Å². The van der Waals surface area contributed by atoms with Gasteiger partial charge in [-0.3, -0.25) is 14.8 Å². The van der Waals surface area contributed by atoms with Gasteiger partial charge in [-0.05, 0) is 50.2 Å². The van der Waals surface area contributed by atoms with E-state index in [0.29, 0.717) is 0 Å². The van der Waals surface area contributed by atoms with Crippen LogP contribution < -0.4 is 5.32 Å². The number of hydrogen-bond donors (Lipinski definition) is 1. The predicted molar refractivity (Wildman–Crippen MR) is 132 cm³/mol. The van der Waals surface area contributed by atoms with E-state index < -0.39 is 0 Å². The van der Waals surface area contributed by atoms with Crippen molar-refractivity contribution in [3.05, 3.63) is 22.4 Å². The molecule has 0 atom stereocenters. The zero-order chi connectivity index (χ0) is 19.2. The van der Waals surface area contributed by atoms with Crippen molar-refractivity contribution in [2.24, 2.45) is 4.99 Å². The van der Waals surface area contributed by atoms with Crippen molar-refractivity contribution in [3.63, 3.8) is 0 Å². The molecule has 0 aromatic carbocycles. The Morgan fingerprint density at radius 2 is 1.86 bits per heavy atom. The Labute approximate surface area is 196 Å². The number of hydrogen-bond acceptors (Lipinski definition) is 5. The van der Waals surface area contributed by atoms with Gasteiger partial charge in [-0.25, -0.2) is 0 Å². The number of piperazine rings is 1. The molecular formula is C21H36IN5OS. The van der Waals surface area contributed by atoms with E-state index >= 15 is 0 Å². The molecule has 3 fully saturated rings. The molecule has 29 heavy (non-hydrogen) atoms. The van der Waals surface area contributed by atoms with Crippen molar-refractivity contribution in [1.82, 2.24) is 20.0 Å². The minimum absolute atomic E-state index is 0. The monoisotopic (exact) mass is 533 g/mol. The topological polar surface area (TPSA) is 43.3 Å². The molecule has 0 radical (unpaired) electrons. The quantitative estimate of drug-likeness (QED) is 0.358. The molecule has 0 aliphatic carbocycles. The molecule has 0 saturated carbocycles. The summed E-state index contributed by atoms with van der Waals surface area (Å²) < 4.78 is 5.69. The largest absolute Gasteiger partial charge is 0.381 e. The summed E-state index contributed by atoms with van der Waals surface area (Å²) in [5.41, 5.74) is 0.242. The van der Waals surface area contributed by atoms with Crippen LogP contribution in [0, 0.1) is 0 Å². The van der Waals surface area contributed by atoms with Gasteiger partial charge >= 0.3 is 0 Å². The number of ether oxygens (including phenoxy) is 1. The first-order valence-corrected chi connectivity index (χ1v) is 11.7. The maximum absolute atomic E-state index is 5.69. The van der Waals surface area contributed by atoms with Crippen molar-refractivity contribution < 1.29 is 4.74 Å². The highest BCUT2D eigenvalue weighted by Gasteiger charge is 2.40. The molecule has 4 heterocycles. The zero-order valence-electron chi connectivity index (χ0n) is 17.6. The Kier molecular flexibility index (Phi) is 9.03. The fourth-order valence-corrected chi connectivity index (χ4v) is 5.61. The lowest BCUT2D eigenvalue weighted by Gasteiger charge is -2.45. The number of halogens is 1. The van der Waals surface area contributed by atoms with Crippen molar-refractivity contribution in [2.75, 3.05) is 66.1 Å². The van der Waals surface area contributed by atoms with E-state index in [2.05, 4.69) is 42.5 Å². The molecule has 8 heteroatoms. The van der Waals surface area contributed by atoms with Crippen LogP contribution in [0.1, 0.15) is 30.6 Å². The average molecular weight is 534 g/mol. The van der Waals surface area contributed by atoms with Crippen molar-refractivity contribution in [2.45, 2.75) is 37.8 Å². The average Bonchev–Trinajstić information content (AvgIpc) is 3.45. The minimum atomic E-state index is 0. The summed E-state index contributed by atoms with van der Waals surface area (Å²) in [5.74, 6) is 1.07. The van der Waals surface area contributed by atoms with Gasteiger partial charge in [-0.2, -0.15) is 0 Å². The number of rotatable bonds is 5. The molecule has 0 spiro atoms. The second-order valence-corrected chi connectivity index (χ2v) is 9.31. The summed E-state index contributed by atoms with van der Waals surface area (Å²) in [5, 5.41) is 5.92. The highest BCUT2D eigenvalue weighted by atomic mass is 127. The predicted octanol–water partition coefficient (Wildman–Crippen LogP) is 2.70. The first-order chi connectivity index (χ1) is 13.8. The number of nitrogens with one attached hydrogen (secondary N) is 1. The van der Waals surface area contributed by atoms with Crippen LogP contribution in [0.2, 0.25) is 0 Å². The standard InChI is InChI=1S/C21H35N5OS.HI/c1-22-20(25-12-10-24(11-13-25)17-19-5-4-16-28-19)23-18-21(6-14-27-15-7-21)26-8-2-3-9-26;/h4-5,16H,2-3,6-15,17-18H2,1H3,(H,22,23);1H. The lowest BCUT2D eigenvalue weighted by atomic mass is 9.88. The summed E-state index contributed by atoms with van der Waals surface area (Å²) in [6.07, 6.45) is 4.93. The van der Waals surface area contributed by atoms with Gasteiger partial charge in [-0.1, -0.05) is 6.07 Å². The SMILES string of the molecule is CN=C(NCC1(N2CCCC2)CCOCC1)N1CCN(Cc2cccs2)CC1.I. The number of guanidine groups is 1. The van der Waals surface area contributed by atoms with E-state index in [1.807, 2.05) is 18.4 Å². The van der Waals surface area contributed by atoms with E-state index in [-0.39, 0.29) is 29.5 Å². The number of aliphatic imine (C=N–C) groups is 1. The molecule has 164 valence electrons. The molecule has 1 aromatic heterocycles. The Balaban J connectivity index is 0.00000240. The lowest BCUT2D eigenvalue weighted by molar-refractivity contribution is -0.0167. The highest BCUT2D eigenvalue weighted by molar-refractivity contribution is 14.0. The summed E-state index contributed by atoms with van der Waals surface area (Å²) in [6.45, 7) is 10.6. The van der Waals surface area contributed by atoms with Crippen LogP contribution in [-0.4, -0.2) is 92.3 Å². The van der Waals surface area contributed by atoms with Crippen LogP contribution in [0.15, 0.2) is 22.5 Å². The third-order valence-corrected chi connectivity index (χ3v) is 7.48. The fourth-order valence-electron chi connectivity index (χ4n) is 4.86. The summed E-state index contributed by atoms with van der Waals surface area (Å²) in [6, 6.07) is 4.39. The molecule has 0 bridgehead atoms. The Hall–Kier alpha value is -0.420. The maximum atomic E-state index is 5.69. The number of thiophene rings is 1. The van der Waals surface area contributed by atoms with Crippen LogP contribution in [0.4, 0.5) is 0 Å². The molecular weight excluding hydrogens is 497 g/mol. The van der Waals surface area contributed by atoms with Gasteiger partial charge in [0.1, 0.15) is 0 Å². The number of likely N-dealkylation sites (tertiary alicyclic amines) is 1. The van der Waals surface area contributed by atoms with Gasteiger partial charge < -0.3 is 15.0 Å². The van der Waals surface area contributed by atoms with Crippen LogP contribution in [0.25, 0.3) is 0 Å². The minimum Gasteiger partial charge on any atom is -0.381 e. The van der Waals surface area contributed by atoms with E-state index in [0.717, 1.165) is 71.3 Å². The van der Waals surface area contributed by atoms with E-state index in [4.69, 9.17) is 4.74 Å². The van der Waals surface area contributed by atoms with Crippen molar-refractivity contribution in [1.29, 1.82) is 0 Å². The normalized spacial score (nSPS) is 23.8. The van der Waals surface area contributed by atoms with E-state index in [1.165, 1.54) is 30.8 Å². The molecule has 0 unspecified atom stereocenters. The maximum Gasteiger partial charge on any atom is 0.193 e. The van der Waals surface area contributed by atoms with Crippen LogP contribution in [0.5, 0.6) is 0 Å². The first-order valence-electron chi connectivity index (χ1n) is 10.8. The molecule has 1 aromatic rings. The third-order valence-electron chi connectivity index (χ3n) is 6.62. The van der Waals surface area contributed by atoms with E-state index in [9.17, 15) is 0 Å². The van der Waals surface area contributed by atoms with E-state index in [1.54, 1.807) is 0 Å². The van der Waals surface area contributed by atoms with Crippen LogP contribution in [-0.2, 0) is 11.3 Å². The molecule has 1 N–H and O–H groups in total. The Morgan fingerprint density at radius 1 is 1.14 bits per heavy atom. The van der Waals surface area contributed by atoms with Gasteiger partial charge in [-0.15, -0.1) is 35.3 Å². The van der Waals surface area contributed by atoms with Gasteiger partial charge in [0.15, 0.2) is 5.96 Å². The van der Waals surface area contributed by atoms with Gasteiger partial charge in [0, 0.05) is 69.9 Å². The lowest BCUT2D eigenvalue weighted by Crippen LogP contribution is -2.60. The van der Waals surface area contributed by atoms with Crippen molar-refractivity contribution >= 4 is 41.3 Å². The second kappa shape index (κ2) is 11.3. The first kappa shape index (κ1) is 23.2. The Morgan fingerprint density at radius 3 is 2.48 bits per heavy atom. The van der Waals surface area contributed by atoms with Crippen LogP contribution >= 0.6 is 35.3 Å².